The van der Waals surface area contributed by atoms with Gasteiger partial charge in [0.1, 0.15) is 11.3 Å². The largest absolute Gasteiger partial charge is 0.476 e. The summed E-state index contributed by atoms with van der Waals surface area (Å²) in [5, 5.41) is 12.4. The summed E-state index contributed by atoms with van der Waals surface area (Å²) < 4.78 is 1.58. The molecule has 6 nitrogen and oxygen atoms in total. The number of rotatable bonds is 4. The predicted molar refractivity (Wildman–Crippen MR) is 97.5 cm³/mol. The molecule has 0 radical (unpaired) electrons. The Morgan fingerprint density at radius 1 is 1.22 bits per heavy atom. The first-order valence-electron chi connectivity index (χ1n) is 9.98. The summed E-state index contributed by atoms with van der Waals surface area (Å²) in [6, 6.07) is 5.20. The Balaban J connectivity index is 1.25. The van der Waals surface area contributed by atoms with Crippen molar-refractivity contribution in [1.82, 2.24) is 14.7 Å². The Morgan fingerprint density at radius 2 is 2.11 bits per heavy atom. The lowest BCUT2D eigenvalue weighted by Crippen LogP contribution is -2.43. The first-order valence-corrected chi connectivity index (χ1v) is 9.98. The van der Waals surface area contributed by atoms with Crippen molar-refractivity contribution in [3.8, 4) is 0 Å². The Kier molecular flexibility index (Phi) is 2.85. The molecule has 1 spiro atoms. The lowest BCUT2D eigenvalue weighted by atomic mass is 9.55. The van der Waals surface area contributed by atoms with Crippen molar-refractivity contribution in [2.75, 3.05) is 6.54 Å². The monoisotopic (exact) mass is 365 g/mol. The van der Waals surface area contributed by atoms with Crippen molar-refractivity contribution >= 4 is 17.5 Å². The maximum absolute atomic E-state index is 12.9. The van der Waals surface area contributed by atoms with Crippen LogP contribution in [0.4, 0.5) is 0 Å². The highest BCUT2D eigenvalue weighted by atomic mass is 16.4. The maximum Gasteiger partial charge on any atom is 0.356 e. The van der Waals surface area contributed by atoms with Crippen molar-refractivity contribution < 1.29 is 14.7 Å². The molecule has 2 heterocycles. The van der Waals surface area contributed by atoms with Gasteiger partial charge < -0.3 is 10.4 Å². The molecule has 1 amide bonds. The van der Waals surface area contributed by atoms with E-state index in [0.29, 0.717) is 16.8 Å². The zero-order valence-corrected chi connectivity index (χ0v) is 15.1. The molecule has 140 valence electrons. The Hall–Kier alpha value is -2.37. The lowest BCUT2D eigenvalue weighted by molar-refractivity contribution is -0.00254. The van der Waals surface area contributed by atoms with Gasteiger partial charge in [0.05, 0.1) is 0 Å². The van der Waals surface area contributed by atoms with Crippen LogP contribution in [0.5, 0.6) is 0 Å². The number of aromatic nitrogens is 2. The van der Waals surface area contributed by atoms with E-state index in [4.69, 9.17) is 5.11 Å². The van der Waals surface area contributed by atoms with E-state index in [1.54, 1.807) is 22.6 Å². The zero-order valence-electron chi connectivity index (χ0n) is 15.1. The number of pyridine rings is 1. The Morgan fingerprint density at radius 3 is 2.96 bits per heavy atom. The maximum atomic E-state index is 12.9. The minimum absolute atomic E-state index is 0.0461. The van der Waals surface area contributed by atoms with E-state index < -0.39 is 5.97 Å². The summed E-state index contributed by atoms with van der Waals surface area (Å²) in [7, 11) is 0. The molecule has 3 bridgehead atoms. The number of carboxylic acid groups (broad SMARTS) is 1. The number of nitrogens with zero attached hydrogens (tertiary/aromatic N) is 2. The van der Waals surface area contributed by atoms with E-state index in [1.165, 1.54) is 44.7 Å². The second-order valence-electron chi connectivity index (χ2n) is 9.51. The SMILES string of the molecule is O=C(O)c1cn2c(C(=O)NCC34CC5CC6CC(C3)C6(C5)C4)cccc2n1. The molecule has 27 heavy (non-hydrogen) atoms. The first-order chi connectivity index (χ1) is 13.0. The smallest absolute Gasteiger partial charge is 0.356 e. The van der Waals surface area contributed by atoms with Gasteiger partial charge in [-0.25, -0.2) is 9.78 Å². The van der Waals surface area contributed by atoms with Crippen LogP contribution in [0, 0.1) is 28.6 Å². The molecule has 0 saturated heterocycles. The number of fused-ring (bicyclic) bond motifs is 3. The van der Waals surface area contributed by atoms with Crippen molar-refractivity contribution in [3.63, 3.8) is 0 Å². The number of carbonyl (C=O) groups excluding carboxylic acids is 1. The molecule has 4 saturated carbocycles. The van der Waals surface area contributed by atoms with Crippen molar-refractivity contribution in [2.24, 2.45) is 28.6 Å². The first kappa shape index (κ1) is 15.7. The normalized spacial score (nSPS) is 38.0. The fourth-order valence-electron chi connectivity index (χ4n) is 7.40. The number of imidazole rings is 1. The molecule has 5 atom stereocenters. The number of carbonyl (C=O) groups is 2. The summed E-state index contributed by atoms with van der Waals surface area (Å²) in [5.41, 5.74) is 1.78. The second kappa shape index (κ2) is 4.91. The fraction of sp³-hybridized carbons (Fsp3) is 0.571. The van der Waals surface area contributed by atoms with Crippen LogP contribution >= 0.6 is 0 Å². The van der Waals surface area contributed by atoms with E-state index in [2.05, 4.69) is 10.3 Å². The zero-order chi connectivity index (χ0) is 18.4. The van der Waals surface area contributed by atoms with Gasteiger partial charge in [0, 0.05) is 12.7 Å². The number of carboxylic acids is 1. The van der Waals surface area contributed by atoms with Gasteiger partial charge in [-0.05, 0) is 79.2 Å². The third kappa shape index (κ3) is 1.98. The van der Waals surface area contributed by atoms with Gasteiger partial charge in [0.25, 0.3) is 5.91 Å². The van der Waals surface area contributed by atoms with Crippen LogP contribution in [-0.2, 0) is 0 Å². The molecule has 4 aliphatic rings. The molecule has 0 aliphatic heterocycles. The van der Waals surface area contributed by atoms with Crippen LogP contribution in [0.3, 0.4) is 0 Å². The van der Waals surface area contributed by atoms with Crippen LogP contribution in [-0.4, -0.2) is 32.9 Å². The minimum atomic E-state index is -1.09. The third-order valence-corrected chi connectivity index (χ3v) is 8.15. The number of hydrogen-bond donors (Lipinski definition) is 2. The van der Waals surface area contributed by atoms with Crippen molar-refractivity contribution in [3.05, 3.63) is 35.8 Å². The number of nitrogens with one attached hydrogen (secondary N) is 1. The highest BCUT2D eigenvalue weighted by Gasteiger charge is 2.70. The summed E-state index contributed by atoms with van der Waals surface area (Å²) in [6.07, 6.45) is 9.52. The van der Waals surface area contributed by atoms with Crippen LogP contribution in [0.1, 0.15) is 59.5 Å². The third-order valence-electron chi connectivity index (χ3n) is 8.15. The molecular formula is C21H23N3O3. The molecule has 2 aromatic rings. The summed E-state index contributed by atoms with van der Waals surface area (Å²) in [5.74, 6) is 1.49. The number of aromatic carboxylic acids is 1. The van der Waals surface area contributed by atoms with Crippen molar-refractivity contribution in [2.45, 2.75) is 38.5 Å². The molecular weight excluding hydrogens is 342 g/mol. The quantitative estimate of drug-likeness (QED) is 0.872. The molecule has 2 aromatic heterocycles. The standard InChI is InChI=1S/C21H23N3O3/c25-18(16-2-1-3-17-23-15(19(26)27)9-24(16)17)22-11-20-6-12-4-13-5-14(8-20)21(13,7-12)10-20/h1-3,9,12-14H,4-8,10-11H2,(H,22,25)(H,26,27). The fourth-order valence-corrected chi connectivity index (χ4v) is 7.40. The molecule has 5 unspecified atom stereocenters. The lowest BCUT2D eigenvalue weighted by Gasteiger charge is -2.49. The van der Waals surface area contributed by atoms with Crippen molar-refractivity contribution in [1.29, 1.82) is 0 Å². The van der Waals surface area contributed by atoms with Gasteiger partial charge in [-0.2, -0.15) is 0 Å². The minimum Gasteiger partial charge on any atom is -0.476 e. The van der Waals surface area contributed by atoms with Gasteiger partial charge in [0.15, 0.2) is 5.69 Å². The summed E-state index contributed by atoms with van der Waals surface area (Å²) in [4.78, 5) is 28.2. The average molecular weight is 365 g/mol. The van der Waals surface area contributed by atoms with Crippen LogP contribution in [0.2, 0.25) is 0 Å². The van der Waals surface area contributed by atoms with Gasteiger partial charge in [-0.3, -0.25) is 9.20 Å². The van der Waals surface area contributed by atoms with E-state index in [1.807, 2.05) is 0 Å². The van der Waals surface area contributed by atoms with E-state index in [0.717, 1.165) is 24.3 Å². The van der Waals surface area contributed by atoms with Gasteiger partial charge in [-0.1, -0.05) is 6.07 Å². The highest BCUT2D eigenvalue weighted by Crippen LogP contribution is 2.78. The molecule has 2 N–H and O–H groups in total. The topological polar surface area (TPSA) is 83.7 Å². The average Bonchev–Trinajstić information content (AvgIpc) is 3.21. The van der Waals surface area contributed by atoms with E-state index in [9.17, 15) is 9.59 Å². The number of hydrogen-bond acceptors (Lipinski definition) is 3. The van der Waals surface area contributed by atoms with Gasteiger partial charge >= 0.3 is 5.97 Å². The summed E-state index contributed by atoms with van der Waals surface area (Å²) >= 11 is 0. The highest BCUT2D eigenvalue weighted by molar-refractivity contribution is 5.94. The predicted octanol–water partition coefficient (Wildman–Crippen LogP) is 2.98. The van der Waals surface area contributed by atoms with Gasteiger partial charge in [0.2, 0.25) is 0 Å². The van der Waals surface area contributed by atoms with Crippen LogP contribution < -0.4 is 5.32 Å². The molecule has 6 heteroatoms. The molecule has 0 aromatic carbocycles. The second-order valence-corrected chi connectivity index (χ2v) is 9.51. The summed E-state index contributed by atoms with van der Waals surface area (Å²) in [6.45, 7) is 0.740. The van der Waals surface area contributed by atoms with Gasteiger partial charge in [-0.15, -0.1) is 0 Å². The van der Waals surface area contributed by atoms with E-state index >= 15 is 0 Å². The van der Waals surface area contributed by atoms with E-state index in [-0.39, 0.29) is 17.0 Å². The van der Waals surface area contributed by atoms with Crippen LogP contribution in [0.15, 0.2) is 24.4 Å². The molecule has 6 rings (SSSR count). The Labute approximate surface area is 157 Å². The van der Waals surface area contributed by atoms with Crippen LogP contribution in [0.25, 0.3) is 5.65 Å². The number of amides is 1. The molecule has 4 aliphatic carbocycles. The Bertz CT molecular complexity index is 994. The molecule has 4 fully saturated rings.